The van der Waals surface area contributed by atoms with Crippen LogP contribution in [0.3, 0.4) is 0 Å². The van der Waals surface area contributed by atoms with E-state index in [0.29, 0.717) is 6.04 Å². The number of hydrogen-bond acceptors (Lipinski definition) is 2. The summed E-state index contributed by atoms with van der Waals surface area (Å²) in [6.45, 7) is 10.2. The van der Waals surface area contributed by atoms with Crippen molar-refractivity contribution in [1.82, 2.24) is 5.32 Å². The highest BCUT2D eigenvalue weighted by atomic mass is 79.9. The van der Waals surface area contributed by atoms with Gasteiger partial charge in [-0.2, -0.15) is 0 Å². The van der Waals surface area contributed by atoms with Gasteiger partial charge in [0, 0.05) is 16.1 Å². The second kappa shape index (κ2) is 8.85. The second-order valence-electron chi connectivity index (χ2n) is 4.82. The standard InChI is InChI=1S/C16H23Br2NO/c1-5-7-20-16-13(9-14(17)10-15(16)18)8-11(3)12(4)19-6-2/h8-10,12,19H,5-7H2,1-4H3/b11-8-. The fraction of sp³-hybridized carbons (Fsp3) is 0.500. The summed E-state index contributed by atoms with van der Waals surface area (Å²) in [5.41, 5.74) is 2.39. The zero-order chi connectivity index (χ0) is 15.1. The van der Waals surface area contributed by atoms with E-state index in [4.69, 9.17) is 4.74 Å². The minimum atomic E-state index is 0.358. The van der Waals surface area contributed by atoms with Crippen LogP contribution in [0.4, 0.5) is 0 Å². The first kappa shape index (κ1) is 17.7. The summed E-state index contributed by atoms with van der Waals surface area (Å²) in [7, 11) is 0. The first-order chi connectivity index (χ1) is 9.49. The molecule has 1 atom stereocenters. The Balaban J connectivity index is 3.11. The van der Waals surface area contributed by atoms with Crippen molar-refractivity contribution >= 4 is 37.9 Å². The van der Waals surface area contributed by atoms with Gasteiger partial charge in [0.05, 0.1) is 11.1 Å². The SMILES string of the molecule is CCCOc1c(Br)cc(Br)cc1/C=C(/C)C(C)NCC. The Morgan fingerprint density at radius 1 is 1.35 bits per heavy atom. The van der Waals surface area contributed by atoms with Crippen LogP contribution in [-0.4, -0.2) is 19.2 Å². The number of nitrogens with one attached hydrogen (secondary N) is 1. The molecular weight excluding hydrogens is 382 g/mol. The van der Waals surface area contributed by atoms with Gasteiger partial charge in [0.15, 0.2) is 0 Å². The molecule has 1 rings (SSSR count). The van der Waals surface area contributed by atoms with Gasteiger partial charge in [0.1, 0.15) is 5.75 Å². The number of halogens is 2. The van der Waals surface area contributed by atoms with E-state index in [1.165, 1.54) is 5.57 Å². The molecule has 20 heavy (non-hydrogen) atoms. The van der Waals surface area contributed by atoms with Gasteiger partial charge in [-0.05, 0) is 54.9 Å². The van der Waals surface area contributed by atoms with Crippen LogP contribution in [-0.2, 0) is 0 Å². The van der Waals surface area contributed by atoms with Crippen molar-refractivity contribution in [1.29, 1.82) is 0 Å². The molecule has 112 valence electrons. The molecule has 0 aliphatic heterocycles. The van der Waals surface area contributed by atoms with E-state index in [9.17, 15) is 0 Å². The van der Waals surface area contributed by atoms with Crippen molar-refractivity contribution in [2.75, 3.05) is 13.2 Å². The normalized spacial score (nSPS) is 13.4. The van der Waals surface area contributed by atoms with E-state index in [1.807, 2.05) is 6.07 Å². The van der Waals surface area contributed by atoms with Crippen LogP contribution >= 0.6 is 31.9 Å². The van der Waals surface area contributed by atoms with E-state index >= 15 is 0 Å². The Bertz CT molecular complexity index is 472. The Morgan fingerprint density at radius 2 is 2.05 bits per heavy atom. The highest BCUT2D eigenvalue weighted by Crippen LogP contribution is 2.34. The lowest BCUT2D eigenvalue weighted by molar-refractivity contribution is 0.315. The summed E-state index contributed by atoms with van der Waals surface area (Å²) in [6, 6.07) is 4.47. The molecule has 4 heteroatoms. The van der Waals surface area contributed by atoms with Crippen LogP contribution in [0.25, 0.3) is 6.08 Å². The molecule has 0 aromatic heterocycles. The molecule has 0 aliphatic rings. The average molecular weight is 405 g/mol. The summed E-state index contributed by atoms with van der Waals surface area (Å²) in [5.74, 6) is 0.915. The van der Waals surface area contributed by atoms with Crippen LogP contribution in [0.2, 0.25) is 0 Å². The second-order valence-corrected chi connectivity index (χ2v) is 6.59. The van der Waals surface area contributed by atoms with Gasteiger partial charge in [-0.1, -0.05) is 41.4 Å². The maximum atomic E-state index is 5.88. The molecule has 0 bridgehead atoms. The van der Waals surface area contributed by atoms with Crippen LogP contribution in [0.15, 0.2) is 26.7 Å². The molecule has 0 amide bonds. The van der Waals surface area contributed by atoms with Crippen LogP contribution < -0.4 is 10.1 Å². The summed E-state index contributed by atoms with van der Waals surface area (Å²) in [5, 5.41) is 3.42. The highest BCUT2D eigenvalue weighted by molar-refractivity contribution is 9.11. The van der Waals surface area contributed by atoms with E-state index in [0.717, 1.165) is 39.8 Å². The minimum absolute atomic E-state index is 0.358. The number of ether oxygens (including phenoxy) is 1. The zero-order valence-electron chi connectivity index (χ0n) is 12.6. The van der Waals surface area contributed by atoms with Crippen molar-refractivity contribution in [3.05, 3.63) is 32.2 Å². The monoisotopic (exact) mass is 403 g/mol. The van der Waals surface area contributed by atoms with Gasteiger partial charge in [0.25, 0.3) is 0 Å². The first-order valence-corrected chi connectivity index (χ1v) is 8.61. The summed E-state index contributed by atoms with van der Waals surface area (Å²) < 4.78 is 7.91. The van der Waals surface area contributed by atoms with Crippen molar-refractivity contribution in [2.24, 2.45) is 0 Å². The topological polar surface area (TPSA) is 21.3 Å². The van der Waals surface area contributed by atoms with Crippen LogP contribution in [0.1, 0.15) is 39.7 Å². The molecule has 1 aromatic rings. The van der Waals surface area contributed by atoms with Gasteiger partial charge in [-0.15, -0.1) is 0 Å². The lowest BCUT2D eigenvalue weighted by atomic mass is 10.1. The zero-order valence-corrected chi connectivity index (χ0v) is 15.8. The quantitative estimate of drug-likeness (QED) is 0.656. The third-order valence-corrected chi connectivity index (χ3v) is 4.11. The first-order valence-electron chi connectivity index (χ1n) is 7.03. The summed E-state index contributed by atoms with van der Waals surface area (Å²) >= 11 is 7.13. The third-order valence-electron chi connectivity index (χ3n) is 3.06. The van der Waals surface area contributed by atoms with E-state index in [-0.39, 0.29) is 0 Å². The average Bonchev–Trinajstić information content (AvgIpc) is 2.37. The third kappa shape index (κ3) is 5.23. The predicted molar refractivity (Wildman–Crippen MR) is 94.4 cm³/mol. The number of hydrogen-bond donors (Lipinski definition) is 1. The van der Waals surface area contributed by atoms with Crippen molar-refractivity contribution in [3.8, 4) is 5.75 Å². The lowest BCUT2D eigenvalue weighted by Gasteiger charge is -2.16. The minimum Gasteiger partial charge on any atom is -0.492 e. The molecule has 0 heterocycles. The van der Waals surface area contributed by atoms with Crippen LogP contribution in [0, 0.1) is 0 Å². The Labute approximate surface area is 139 Å². The lowest BCUT2D eigenvalue weighted by Crippen LogP contribution is -2.26. The van der Waals surface area contributed by atoms with E-state index in [2.05, 4.69) is 77.0 Å². The van der Waals surface area contributed by atoms with E-state index < -0.39 is 0 Å². The molecule has 1 aromatic carbocycles. The summed E-state index contributed by atoms with van der Waals surface area (Å²) in [4.78, 5) is 0. The molecule has 1 unspecified atom stereocenters. The molecule has 0 spiro atoms. The molecule has 0 radical (unpaired) electrons. The van der Waals surface area contributed by atoms with Crippen molar-refractivity contribution in [2.45, 2.75) is 40.2 Å². The van der Waals surface area contributed by atoms with E-state index in [1.54, 1.807) is 0 Å². The molecule has 0 saturated heterocycles. The smallest absolute Gasteiger partial charge is 0.140 e. The van der Waals surface area contributed by atoms with Crippen molar-refractivity contribution < 1.29 is 4.74 Å². The predicted octanol–water partition coefficient (Wildman–Crippen LogP) is 5.40. The van der Waals surface area contributed by atoms with Gasteiger partial charge >= 0.3 is 0 Å². The maximum absolute atomic E-state index is 5.88. The number of benzene rings is 1. The fourth-order valence-corrected chi connectivity index (χ4v) is 3.25. The van der Waals surface area contributed by atoms with Gasteiger partial charge in [-0.25, -0.2) is 0 Å². The van der Waals surface area contributed by atoms with Crippen LogP contribution in [0.5, 0.6) is 5.75 Å². The Kier molecular flexibility index (Phi) is 7.85. The Morgan fingerprint density at radius 3 is 2.65 bits per heavy atom. The fourth-order valence-electron chi connectivity index (χ4n) is 1.88. The summed E-state index contributed by atoms with van der Waals surface area (Å²) in [6.07, 6.45) is 3.19. The highest BCUT2D eigenvalue weighted by Gasteiger charge is 2.10. The van der Waals surface area contributed by atoms with Gasteiger partial charge in [-0.3, -0.25) is 0 Å². The number of rotatable bonds is 7. The van der Waals surface area contributed by atoms with Crippen molar-refractivity contribution in [3.63, 3.8) is 0 Å². The molecule has 0 fully saturated rings. The molecule has 1 N–H and O–H groups in total. The Hall–Kier alpha value is -0.320. The molecular formula is C16H23Br2NO. The van der Waals surface area contributed by atoms with Gasteiger partial charge in [0.2, 0.25) is 0 Å². The maximum Gasteiger partial charge on any atom is 0.140 e. The molecule has 0 saturated carbocycles. The molecule has 0 aliphatic carbocycles. The van der Waals surface area contributed by atoms with Gasteiger partial charge < -0.3 is 10.1 Å². The molecule has 2 nitrogen and oxygen atoms in total. The largest absolute Gasteiger partial charge is 0.492 e. The number of likely N-dealkylation sites (N-methyl/N-ethyl adjacent to an activating group) is 1.